The standard InChI is InChI=1S/C19H16F2N2O4S/c20-17-9-8-16(12-18(17)21)28(25,26)23-14-5-3-13(4-6-14)22-19(24)10-7-15-2-1-11-27-15/h1-6,8-9,11-12,23H,7,10H2,(H,22,24). The van der Waals surface area contributed by atoms with Crippen LogP contribution < -0.4 is 10.0 Å². The molecule has 9 heteroatoms. The molecule has 146 valence electrons. The minimum absolute atomic E-state index is 0.207. The van der Waals surface area contributed by atoms with Crippen LogP contribution in [-0.4, -0.2) is 14.3 Å². The molecule has 3 aromatic rings. The van der Waals surface area contributed by atoms with Crippen molar-refractivity contribution < 1.29 is 26.4 Å². The summed E-state index contributed by atoms with van der Waals surface area (Å²) in [5.41, 5.74) is 0.693. The summed E-state index contributed by atoms with van der Waals surface area (Å²) in [6, 6.07) is 11.8. The van der Waals surface area contributed by atoms with Gasteiger partial charge in [0.1, 0.15) is 5.76 Å². The van der Waals surface area contributed by atoms with Crippen molar-refractivity contribution in [3.05, 3.63) is 78.3 Å². The van der Waals surface area contributed by atoms with Gasteiger partial charge >= 0.3 is 0 Å². The van der Waals surface area contributed by atoms with Crippen LogP contribution in [0.5, 0.6) is 0 Å². The predicted molar refractivity (Wildman–Crippen MR) is 99.3 cm³/mol. The normalized spacial score (nSPS) is 11.2. The first kappa shape index (κ1) is 19.6. The minimum Gasteiger partial charge on any atom is -0.469 e. The molecule has 1 heterocycles. The highest BCUT2D eigenvalue weighted by molar-refractivity contribution is 7.92. The van der Waals surface area contributed by atoms with Gasteiger partial charge in [-0.1, -0.05) is 0 Å². The third-order valence-electron chi connectivity index (χ3n) is 3.80. The molecule has 1 amide bonds. The molecule has 2 N–H and O–H groups in total. The molecule has 0 atom stereocenters. The number of benzene rings is 2. The third kappa shape index (κ3) is 4.95. The minimum atomic E-state index is -4.08. The Hall–Kier alpha value is -3.20. The van der Waals surface area contributed by atoms with Gasteiger partial charge in [0.25, 0.3) is 10.0 Å². The number of anilines is 2. The first-order valence-corrected chi connectivity index (χ1v) is 9.72. The van der Waals surface area contributed by atoms with E-state index in [1.54, 1.807) is 12.1 Å². The van der Waals surface area contributed by atoms with Gasteiger partial charge in [0, 0.05) is 24.2 Å². The molecule has 0 saturated heterocycles. The van der Waals surface area contributed by atoms with Crippen molar-refractivity contribution in [2.45, 2.75) is 17.7 Å². The van der Waals surface area contributed by atoms with Crippen molar-refractivity contribution in [2.24, 2.45) is 0 Å². The van der Waals surface area contributed by atoms with Crippen molar-refractivity contribution in [3.8, 4) is 0 Å². The van der Waals surface area contributed by atoms with Crippen LogP contribution in [0.25, 0.3) is 0 Å². The molecule has 0 aliphatic rings. The van der Waals surface area contributed by atoms with Gasteiger partial charge in [0.05, 0.1) is 11.2 Å². The first-order chi connectivity index (χ1) is 13.3. The van der Waals surface area contributed by atoms with Crippen LogP contribution in [0.15, 0.2) is 70.2 Å². The molecule has 28 heavy (non-hydrogen) atoms. The number of aryl methyl sites for hydroxylation is 1. The molecule has 0 aliphatic carbocycles. The second-order valence-corrected chi connectivity index (χ2v) is 7.57. The van der Waals surface area contributed by atoms with Crippen LogP contribution in [0.1, 0.15) is 12.2 Å². The number of amides is 1. The van der Waals surface area contributed by atoms with E-state index in [9.17, 15) is 22.0 Å². The monoisotopic (exact) mass is 406 g/mol. The Morgan fingerprint density at radius 3 is 2.32 bits per heavy atom. The van der Waals surface area contributed by atoms with E-state index in [1.807, 2.05) is 0 Å². The zero-order chi connectivity index (χ0) is 20.1. The van der Waals surface area contributed by atoms with Crippen molar-refractivity contribution in [1.29, 1.82) is 0 Å². The molecule has 0 radical (unpaired) electrons. The Bertz CT molecular complexity index is 1070. The molecule has 6 nitrogen and oxygen atoms in total. The predicted octanol–water partition coefficient (Wildman–Crippen LogP) is 3.93. The van der Waals surface area contributed by atoms with Gasteiger partial charge in [0.2, 0.25) is 5.91 Å². The summed E-state index contributed by atoms with van der Waals surface area (Å²) in [7, 11) is -4.08. The lowest BCUT2D eigenvalue weighted by atomic mass is 10.2. The van der Waals surface area contributed by atoms with Crippen LogP contribution in [-0.2, 0) is 21.2 Å². The van der Waals surface area contributed by atoms with E-state index < -0.39 is 26.6 Å². The van der Waals surface area contributed by atoms with Crippen molar-refractivity contribution >= 4 is 27.3 Å². The Kier molecular flexibility index (Phi) is 5.74. The summed E-state index contributed by atoms with van der Waals surface area (Å²) in [4.78, 5) is 11.5. The van der Waals surface area contributed by atoms with E-state index in [4.69, 9.17) is 4.42 Å². The fourth-order valence-electron chi connectivity index (χ4n) is 2.39. The fourth-order valence-corrected chi connectivity index (χ4v) is 3.46. The van der Waals surface area contributed by atoms with Crippen LogP contribution in [0.3, 0.4) is 0 Å². The molecule has 0 saturated carbocycles. The van der Waals surface area contributed by atoms with E-state index >= 15 is 0 Å². The van der Waals surface area contributed by atoms with E-state index in [-0.39, 0.29) is 18.0 Å². The van der Waals surface area contributed by atoms with Crippen LogP contribution in [0, 0.1) is 11.6 Å². The summed E-state index contributed by atoms with van der Waals surface area (Å²) < 4.78 is 58.1. The fraction of sp³-hybridized carbons (Fsp3) is 0.105. The second kappa shape index (κ2) is 8.22. The zero-order valence-corrected chi connectivity index (χ0v) is 15.3. The van der Waals surface area contributed by atoms with Gasteiger partial charge in [-0.25, -0.2) is 17.2 Å². The number of nitrogens with one attached hydrogen (secondary N) is 2. The van der Waals surface area contributed by atoms with E-state index in [1.165, 1.54) is 30.5 Å². The number of sulfonamides is 1. The summed E-state index contributed by atoms with van der Waals surface area (Å²) in [5, 5.41) is 2.69. The van der Waals surface area contributed by atoms with Crippen LogP contribution in [0.4, 0.5) is 20.2 Å². The third-order valence-corrected chi connectivity index (χ3v) is 5.18. The van der Waals surface area contributed by atoms with Crippen molar-refractivity contribution in [2.75, 3.05) is 10.0 Å². The van der Waals surface area contributed by atoms with Crippen molar-refractivity contribution in [3.63, 3.8) is 0 Å². The molecular weight excluding hydrogens is 390 g/mol. The van der Waals surface area contributed by atoms with Gasteiger partial charge in [0.15, 0.2) is 11.6 Å². The largest absolute Gasteiger partial charge is 0.469 e. The zero-order valence-electron chi connectivity index (χ0n) is 14.5. The number of hydrogen-bond donors (Lipinski definition) is 2. The number of carbonyl (C=O) groups is 1. The van der Waals surface area contributed by atoms with Crippen molar-refractivity contribution in [1.82, 2.24) is 0 Å². The average molecular weight is 406 g/mol. The van der Waals surface area contributed by atoms with Gasteiger partial charge in [-0.05, 0) is 54.6 Å². The number of halogens is 2. The number of carbonyl (C=O) groups excluding carboxylic acids is 1. The Morgan fingerprint density at radius 1 is 0.964 bits per heavy atom. The maximum absolute atomic E-state index is 13.3. The highest BCUT2D eigenvalue weighted by Crippen LogP contribution is 2.20. The quantitative estimate of drug-likeness (QED) is 0.622. The maximum atomic E-state index is 13.3. The first-order valence-electron chi connectivity index (χ1n) is 8.24. The molecule has 0 fully saturated rings. The van der Waals surface area contributed by atoms with E-state index in [0.717, 1.165) is 12.1 Å². The molecule has 0 aliphatic heterocycles. The van der Waals surface area contributed by atoms with Gasteiger partial charge in [-0.2, -0.15) is 0 Å². The summed E-state index contributed by atoms with van der Waals surface area (Å²) in [5.74, 6) is -1.90. The Morgan fingerprint density at radius 2 is 1.68 bits per heavy atom. The number of furan rings is 1. The lowest BCUT2D eigenvalue weighted by Gasteiger charge is -2.10. The molecule has 0 bridgehead atoms. The Balaban J connectivity index is 1.60. The molecular formula is C19H16F2N2O4S. The lowest BCUT2D eigenvalue weighted by molar-refractivity contribution is -0.116. The van der Waals surface area contributed by atoms with Gasteiger partial charge in [-0.3, -0.25) is 9.52 Å². The van der Waals surface area contributed by atoms with Gasteiger partial charge < -0.3 is 9.73 Å². The average Bonchev–Trinajstić information content (AvgIpc) is 3.17. The van der Waals surface area contributed by atoms with E-state index in [2.05, 4.69) is 10.0 Å². The molecule has 2 aromatic carbocycles. The SMILES string of the molecule is O=C(CCc1ccco1)Nc1ccc(NS(=O)(=O)c2ccc(F)c(F)c2)cc1. The number of hydrogen-bond acceptors (Lipinski definition) is 4. The highest BCUT2D eigenvalue weighted by Gasteiger charge is 2.16. The highest BCUT2D eigenvalue weighted by atomic mass is 32.2. The topological polar surface area (TPSA) is 88.4 Å². The summed E-state index contributed by atoms with van der Waals surface area (Å²) >= 11 is 0. The smallest absolute Gasteiger partial charge is 0.261 e. The summed E-state index contributed by atoms with van der Waals surface area (Å²) in [6.45, 7) is 0. The lowest BCUT2D eigenvalue weighted by Crippen LogP contribution is -2.14. The second-order valence-electron chi connectivity index (χ2n) is 5.89. The molecule has 0 spiro atoms. The summed E-state index contributed by atoms with van der Waals surface area (Å²) in [6.07, 6.45) is 2.23. The van der Waals surface area contributed by atoms with Crippen LogP contribution >= 0.6 is 0 Å². The van der Waals surface area contributed by atoms with E-state index in [0.29, 0.717) is 23.9 Å². The molecule has 1 aromatic heterocycles. The molecule has 0 unspecified atom stereocenters. The number of rotatable bonds is 7. The maximum Gasteiger partial charge on any atom is 0.261 e. The Labute approximate surface area is 160 Å². The van der Waals surface area contributed by atoms with Crippen LogP contribution in [0.2, 0.25) is 0 Å². The molecule has 3 rings (SSSR count). The van der Waals surface area contributed by atoms with Gasteiger partial charge in [-0.15, -0.1) is 0 Å².